The lowest BCUT2D eigenvalue weighted by molar-refractivity contribution is -0.139. The number of carbonyl (C=O) groups is 3. The average molecular weight is 752 g/mol. The first kappa shape index (κ1) is 50.7. The van der Waals surface area contributed by atoms with Crippen molar-refractivity contribution in [2.75, 3.05) is 26.3 Å². The third kappa shape index (κ3) is 39.2. The van der Waals surface area contributed by atoms with Gasteiger partial charge in [0.25, 0.3) is 0 Å². The van der Waals surface area contributed by atoms with Crippen molar-refractivity contribution in [2.24, 2.45) is 0 Å². The topological polar surface area (TPSA) is 127 Å². The Labute approximate surface area is 326 Å². The number of nitrogens with one attached hydrogen (secondary N) is 3. The third-order valence-electron chi connectivity index (χ3n) is 9.98. The molecule has 0 aromatic carbocycles. The molecule has 9 nitrogen and oxygen atoms in total. The maximum atomic E-state index is 12.4. The van der Waals surface area contributed by atoms with Crippen LogP contribution in [0.1, 0.15) is 226 Å². The number of rotatable bonds is 40. The van der Waals surface area contributed by atoms with Crippen LogP contribution in [0.4, 0.5) is 9.59 Å². The smallest absolute Gasteiger partial charge is 0.407 e. The zero-order chi connectivity index (χ0) is 38.9. The van der Waals surface area contributed by atoms with Crippen LogP contribution in [0.25, 0.3) is 0 Å². The minimum atomic E-state index is -0.967. The van der Waals surface area contributed by atoms with Crippen LogP contribution >= 0.6 is 0 Å². The van der Waals surface area contributed by atoms with Gasteiger partial charge in [-0.2, -0.15) is 0 Å². The highest BCUT2D eigenvalue weighted by atomic mass is 16.6. The van der Waals surface area contributed by atoms with Crippen molar-refractivity contribution in [3.63, 3.8) is 0 Å². The Kier molecular flexibility index (Phi) is 39.1. The number of carbonyl (C=O) groups excluding carboxylic acids is 3. The number of alkyl carbamates (subject to hydrolysis) is 2. The number of unbranched alkanes of at least 4 members (excludes halogenated alkanes) is 30. The van der Waals surface area contributed by atoms with Crippen LogP contribution in [0.15, 0.2) is 0 Å². The van der Waals surface area contributed by atoms with E-state index in [0.717, 1.165) is 38.5 Å². The highest BCUT2D eigenvalue weighted by Crippen LogP contribution is 2.15. The van der Waals surface area contributed by atoms with Gasteiger partial charge < -0.3 is 24.8 Å². The molecule has 0 aromatic heterocycles. The van der Waals surface area contributed by atoms with E-state index >= 15 is 0 Å². The van der Waals surface area contributed by atoms with E-state index in [-0.39, 0.29) is 18.9 Å². The molecule has 0 saturated heterocycles. The lowest BCUT2D eigenvalue weighted by Gasteiger charge is -2.18. The molecule has 312 valence electrons. The molecule has 1 unspecified atom stereocenters. The molecular weight excluding hydrogens is 666 g/mol. The molecule has 0 saturated carbocycles. The quantitative estimate of drug-likeness (QED) is 0.0248. The van der Waals surface area contributed by atoms with Crippen LogP contribution in [0.3, 0.4) is 0 Å². The largest absolute Gasteiger partial charge is 0.457 e. The Morgan fingerprint density at radius 2 is 0.717 bits per heavy atom. The summed E-state index contributed by atoms with van der Waals surface area (Å²) in [4.78, 5) is 36.4. The standard InChI is InChI=1S/C44H85N3O6/c1-4-6-8-10-12-14-16-18-20-22-24-26-28-30-32-34-36-46-43(49)52-39-41(38-51-42(48)40(3)45)53-44(50)47-37-35-33-31-29-27-25-23-21-19-17-15-13-11-9-7-5-2/h41,45H,4-39H2,1-3H3,(H,46,49)(H,47,50). The molecular formula is C44H85N3O6. The molecule has 0 heterocycles. The van der Waals surface area contributed by atoms with E-state index in [1.165, 1.54) is 174 Å². The fourth-order valence-electron chi connectivity index (χ4n) is 6.53. The van der Waals surface area contributed by atoms with Crippen LogP contribution < -0.4 is 10.6 Å². The fraction of sp³-hybridized carbons (Fsp3) is 0.909. The van der Waals surface area contributed by atoms with E-state index in [1.54, 1.807) is 0 Å². The van der Waals surface area contributed by atoms with Crippen molar-refractivity contribution in [2.45, 2.75) is 232 Å². The summed E-state index contributed by atoms with van der Waals surface area (Å²) in [6, 6.07) is 0. The van der Waals surface area contributed by atoms with Gasteiger partial charge in [-0.1, -0.05) is 206 Å². The summed E-state index contributed by atoms with van der Waals surface area (Å²) < 4.78 is 15.7. The van der Waals surface area contributed by atoms with Crippen LogP contribution in [-0.2, 0) is 19.0 Å². The van der Waals surface area contributed by atoms with Gasteiger partial charge in [0.1, 0.15) is 18.9 Å². The summed E-state index contributed by atoms with van der Waals surface area (Å²) >= 11 is 0. The number of amides is 2. The molecule has 3 N–H and O–H groups in total. The van der Waals surface area contributed by atoms with Gasteiger partial charge in [-0.25, -0.2) is 14.4 Å². The molecule has 0 aliphatic rings. The van der Waals surface area contributed by atoms with Crippen molar-refractivity contribution in [3.8, 4) is 0 Å². The van der Waals surface area contributed by atoms with Crippen LogP contribution in [0, 0.1) is 5.41 Å². The van der Waals surface area contributed by atoms with E-state index in [0.29, 0.717) is 13.1 Å². The number of hydrogen-bond acceptors (Lipinski definition) is 7. The average Bonchev–Trinajstić information content (AvgIpc) is 3.15. The van der Waals surface area contributed by atoms with Crippen LogP contribution in [-0.4, -0.2) is 56.3 Å². The first-order chi connectivity index (χ1) is 25.9. The third-order valence-corrected chi connectivity index (χ3v) is 9.98. The van der Waals surface area contributed by atoms with E-state index in [9.17, 15) is 14.4 Å². The zero-order valence-corrected chi connectivity index (χ0v) is 35.0. The normalized spacial score (nSPS) is 11.6. The predicted octanol–water partition coefficient (Wildman–Crippen LogP) is 12.9. The monoisotopic (exact) mass is 752 g/mol. The van der Waals surface area contributed by atoms with Gasteiger partial charge in [-0.05, 0) is 19.8 Å². The SMILES string of the molecule is CCCCCCCCCCCCCCCCCCNC(=O)OCC(COC(=O)C(C)=N)OC(=O)NCCCCCCCCCCCCCCCCCC. The molecule has 0 rings (SSSR count). The molecule has 0 bridgehead atoms. The Bertz CT molecular complexity index is 855. The van der Waals surface area contributed by atoms with Gasteiger partial charge in [0.05, 0.1) is 0 Å². The van der Waals surface area contributed by atoms with E-state index in [1.807, 2.05) is 0 Å². The Balaban J connectivity index is 3.90. The molecule has 0 aliphatic heterocycles. The first-order valence-corrected chi connectivity index (χ1v) is 22.5. The van der Waals surface area contributed by atoms with Crippen molar-refractivity contribution in [1.29, 1.82) is 5.41 Å². The second kappa shape index (κ2) is 40.9. The second-order valence-corrected chi connectivity index (χ2v) is 15.3. The molecule has 0 fully saturated rings. The maximum Gasteiger partial charge on any atom is 0.407 e. The molecule has 53 heavy (non-hydrogen) atoms. The van der Waals surface area contributed by atoms with Gasteiger partial charge in [0, 0.05) is 13.1 Å². The van der Waals surface area contributed by atoms with Crippen molar-refractivity contribution >= 4 is 23.9 Å². The molecule has 0 spiro atoms. The number of esters is 1. The van der Waals surface area contributed by atoms with E-state index in [4.69, 9.17) is 19.6 Å². The van der Waals surface area contributed by atoms with Crippen molar-refractivity contribution in [3.05, 3.63) is 0 Å². The summed E-state index contributed by atoms with van der Waals surface area (Å²) in [6.07, 6.45) is 39.2. The zero-order valence-electron chi connectivity index (χ0n) is 35.0. The second-order valence-electron chi connectivity index (χ2n) is 15.3. The van der Waals surface area contributed by atoms with Gasteiger partial charge in [0.2, 0.25) is 0 Å². The molecule has 0 radical (unpaired) electrons. The predicted molar refractivity (Wildman–Crippen MR) is 221 cm³/mol. The minimum absolute atomic E-state index is 0.248. The summed E-state index contributed by atoms with van der Waals surface area (Å²) in [7, 11) is 0. The molecule has 9 heteroatoms. The summed E-state index contributed by atoms with van der Waals surface area (Å²) in [5.74, 6) is -0.805. The molecule has 2 amide bonds. The number of hydrogen-bond donors (Lipinski definition) is 3. The molecule has 1 atom stereocenters. The Hall–Kier alpha value is -2.32. The van der Waals surface area contributed by atoms with Crippen molar-refractivity contribution in [1.82, 2.24) is 10.6 Å². The molecule has 0 aromatic rings. The van der Waals surface area contributed by atoms with Crippen LogP contribution in [0.5, 0.6) is 0 Å². The summed E-state index contributed by atoms with van der Waals surface area (Å²) in [5, 5.41) is 12.9. The minimum Gasteiger partial charge on any atom is -0.457 e. The molecule has 0 aliphatic carbocycles. The fourth-order valence-corrected chi connectivity index (χ4v) is 6.53. The lowest BCUT2D eigenvalue weighted by Crippen LogP contribution is -2.37. The highest BCUT2D eigenvalue weighted by molar-refractivity contribution is 6.34. The first-order valence-electron chi connectivity index (χ1n) is 22.5. The van der Waals surface area contributed by atoms with Gasteiger partial charge in [-0.15, -0.1) is 0 Å². The Morgan fingerprint density at radius 1 is 0.434 bits per heavy atom. The highest BCUT2D eigenvalue weighted by Gasteiger charge is 2.20. The number of ether oxygens (including phenoxy) is 3. The summed E-state index contributed by atoms with van der Waals surface area (Å²) in [6.45, 7) is 6.32. The van der Waals surface area contributed by atoms with Gasteiger partial charge in [0.15, 0.2) is 6.10 Å². The lowest BCUT2D eigenvalue weighted by atomic mass is 10.0. The van der Waals surface area contributed by atoms with Gasteiger partial charge in [-0.3, -0.25) is 5.41 Å². The Morgan fingerprint density at radius 3 is 1.04 bits per heavy atom. The maximum absolute atomic E-state index is 12.4. The van der Waals surface area contributed by atoms with Crippen molar-refractivity contribution < 1.29 is 28.6 Å². The van der Waals surface area contributed by atoms with E-state index < -0.39 is 24.3 Å². The summed E-state index contributed by atoms with van der Waals surface area (Å²) in [5.41, 5.74) is -0.255. The van der Waals surface area contributed by atoms with E-state index in [2.05, 4.69) is 24.5 Å². The van der Waals surface area contributed by atoms with Gasteiger partial charge >= 0.3 is 18.2 Å². The van der Waals surface area contributed by atoms with Crippen LogP contribution in [0.2, 0.25) is 0 Å².